The third kappa shape index (κ3) is 5.63. The molecule has 0 saturated carbocycles. The summed E-state index contributed by atoms with van der Waals surface area (Å²) in [6.45, 7) is 12.6. The van der Waals surface area contributed by atoms with Crippen LogP contribution in [0.25, 0.3) is 0 Å². The second-order valence-electron chi connectivity index (χ2n) is 7.10. The monoisotopic (exact) mass is 299 g/mol. The number of hydrogen-bond acceptors (Lipinski definition) is 4. The second-order valence-corrected chi connectivity index (χ2v) is 7.49. The van der Waals surface area contributed by atoms with Crippen LogP contribution in [0.4, 0.5) is 5.82 Å². The summed E-state index contributed by atoms with van der Waals surface area (Å²) < 4.78 is 0. The topological polar surface area (TPSA) is 58.0 Å². The third-order valence-electron chi connectivity index (χ3n) is 2.86. The van der Waals surface area contributed by atoms with Crippen LogP contribution in [0.1, 0.15) is 53.8 Å². The highest BCUT2D eigenvalue weighted by Crippen LogP contribution is 2.23. The first-order chi connectivity index (χ1) is 8.99. The van der Waals surface area contributed by atoms with Crippen LogP contribution < -0.4 is 5.32 Å². The summed E-state index contributed by atoms with van der Waals surface area (Å²) in [5.74, 6) is 1.78. The molecule has 1 rings (SSSR count). The van der Waals surface area contributed by atoms with Crippen molar-refractivity contribution in [3.05, 3.63) is 17.0 Å². The maximum Gasteiger partial charge on any atom is 0.137 e. The van der Waals surface area contributed by atoms with E-state index in [1.54, 1.807) is 6.07 Å². The molecule has 2 N–H and O–H groups in total. The number of anilines is 1. The van der Waals surface area contributed by atoms with Gasteiger partial charge in [-0.2, -0.15) is 0 Å². The quantitative estimate of drug-likeness (QED) is 0.815. The van der Waals surface area contributed by atoms with Crippen molar-refractivity contribution >= 4 is 17.4 Å². The molecule has 0 aliphatic heterocycles. The molecular formula is C15H26ClN3O. The van der Waals surface area contributed by atoms with Crippen molar-refractivity contribution < 1.29 is 5.11 Å². The van der Waals surface area contributed by atoms with Crippen molar-refractivity contribution in [2.75, 3.05) is 11.9 Å². The van der Waals surface area contributed by atoms with Crippen molar-refractivity contribution in [2.24, 2.45) is 5.92 Å². The van der Waals surface area contributed by atoms with Gasteiger partial charge in [-0.15, -0.1) is 0 Å². The molecule has 4 nitrogen and oxygen atoms in total. The first kappa shape index (κ1) is 17.2. The van der Waals surface area contributed by atoms with Crippen LogP contribution in [0.15, 0.2) is 6.07 Å². The van der Waals surface area contributed by atoms with E-state index in [1.807, 2.05) is 27.7 Å². The summed E-state index contributed by atoms with van der Waals surface area (Å²) in [5, 5.41) is 13.9. The van der Waals surface area contributed by atoms with E-state index >= 15 is 0 Å². The molecule has 20 heavy (non-hydrogen) atoms. The molecule has 0 saturated heterocycles. The van der Waals surface area contributed by atoms with Gasteiger partial charge in [0, 0.05) is 18.0 Å². The number of aliphatic hydroxyl groups is 1. The summed E-state index contributed by atoms with van der Waals surface area (Å²) in [5.41, 5.74) is -0.935. The van der Waals surface area contributed by atoms with Crippen LogP contribution >= 0.6 is 11.6 Å². The molecule has 114 valence electrons. The van der Waals surface area contributed by atoms with Gasteiger partial charge in [0.1, 0.15) is 16.8 Å². The summed E-state index contributed by atoms with van der Waals surface area (Å²) in [6, 6.07) is 1.68. The SMILES string of the molecule is CC(C)CC(C)(O)CNc1cc(Cl)nc(C(C)(C)C)n1. The maximum absolute atomic E-state index is 10.3. The van der Waals surface area contributed by atoms with Crippen molar-refractivity contribution in [2.45, 2.75) is 59.0 Å². The highest BCUT2D eigenvalue weighted by molar-refractivity contribution is 6.29. The van der Waals surface area contributed by atoms with E-state index in [9.17, 15) is 5.11 Å². The van der Waals surface area contributed by atoms with Crippen molar-refractivity contribution in [3.63, 3.8) is 0 Å². The molecule has 0 bridgehead atoms. The highest BCUT2D eigenvalue weighted by atomic mass is 35.5. The number of halogens is 1. The zero-order valence-corrected chi connectivity index (χ0v) is 14.0. The molecule has 1 heterocycles. The van der Waals surface area contributed by atoms with Crippen LogP contribution in [-0.2, 0) is 5.41 Å². The fourth-order valence-corrected chi connectivity index (χ4v) is 2.26. The minimum Gasteiger partial charge on any atom is -0.388 e. The molecule has 1 aromatic rings. The predicted molar refractivity (Wildman–Crippen MR) is 84.3 cm³/mol. The van der Waals surface area contributed by atoms with Crippen molar-refractivity contribution in [3.8, 4) is 0 Å². The summed E-state index contributed by atoms with van der Waals surface area (Å²) in [4.78, 5) is 8.72. The second kappa shape index (κ2) is 6.27. The Morgan fingerprint density at radius 3 is 2.35 bits per heavy atom. The van der Waals surface area contributed by atoms with E-state index in [0.717, 1.165) is 6.42 Å². The van der Waals surface area contributed by atoms with Gasteiger partial charge in [-0.25, -0.2) is 9.97 Å². The summed E-state index contributed by atoms with van der Waals surface area (Å²) >= 11 is 6.04. The number of nitrogens with zero attached hydrogens (tertiary/aromatic N) is 2. The Morgan fingerprint density at radius 1 is 1.25 bits per heavy atom. The Hall–Kier alpha value is -0.870. The fourth-order valence-electron chi connectivity index (χ4n) is 2.08. The smallest absolute Gasteiger partial charge is 0.137 e. The van der Waals surface area contributed by atoms with E-state index in [2.05, 4.69) is 29.1 Å². The number of aromatic nitrogens is 2. The van der Waals surface area contributed by atoms with Crippen molar-refractivity contribution in [1.82, 2.24) is 9.97 Å². The van der Waals surface area contributed by atoms with Gasteiger partial charge < -0.3 is 10.4 Å². The van der Waals surface area contributed by atoms with Crippen LogP contribution in [-0.4, -0.2) is 27.2 Å². The van der Waals surface area contributed by atoms with Gasteiger partial charge in [0.25, 0.3) is 0 Å². The molecule has 1 unspecified atom stereocenters. The molecular weight excluding hydrogens is 274 g/mol. The first-order valence-corrected chi connectivity index (χ1v) is 7.39. The minimum absolute atomic E-state index is 0.165. The van der Waals surface area contributed by atoms with E-state index in [1.165, 1.54) is 0 Å². The van der Waals surface area contributed by atoms with E-state index in [-0.39, 0.29) is 5.41 Å². The fraction of sp³-hybridized carbons (Fsp3) is 0.733. The van der Waals surface area contributed by atoms with Gasteiger partial charge in [0.15, 0.2) is 0 Å². The van der Waals surface area contributed by atoms with E-state index in [0.29, 0.717) is 29.3 Å². The first-order valence-electron chi connectivity index (χ1n) is 7.01. The van der Waals surface area contributed by atoms with Crippen LogP contribution in [0, 0.1) is 5.92 Å². The van der Waals surface area contributed by atoms with Gasteiger partial charge in [-0.1, -0.05) is 46.2 Å². The molecule has 0 aliphatic carbocycles. The van der Waals surface area contributed by atoms with Crippen LogP contribution in [0.2, 0.25) is 5.15 Å². The van der Waals surface area contributed by atoms with Gasteiger partial charge in [-0.3, -0.25) is 0 Å². The standard InChI is InChI=1S/C15H26ClN3O/c1-10(2)8-15(6,20)9-17-12-7-11(16)18-13(19-12)14(3,4)5/h7,10,20H,8-9H2,1-6H3,(H,17,18,19). The molecule has 1 atom stereocenters. The molecule has 0 fully saturated rings. The molecule has 0 radical (unpaired) electrons. The molecule has 5 heteroatoms. The lowest BCUT2D eigenvalue weighted by atomic mass is 9.94. The zero-order valence-electron chi connectivity index (χ0n) is 13.3. The van der Waals surface area contributed by atoms with Crippen LogP contribution in [0.5, 0.6) is 0 Å². The van der Waals surface area contributed by atoms with Gasteiger partial charge in [0.2, 0.25) is 0 Å². The van der Waals surface area contributed by atoms with Gasteiger partial charge in [-0.05, 0) is 19.3 Å². The van der Waals surface area contributed by atoms with Gasteiger partial charge >= 0.3 is 0 Å². The minimum atomic E-state index is -0.770. The Kier molecular flexibility index (Phi) is 5.39. The highest BCUT2D eigenvalue weighted by Gasteiger charge is 2.23. The average Bonchev–Trinajstić information content (AvgIpc) is 2.23. The van der Waals surface area contributed by atoms with Crippen LogP contribution in [0.3, 0.4) is 0 Å². The number of nitrogens with one attached hydrogen (secondary N) is 1. The number of hydrogen-bond donors (Lipinski definition) is 2. The molecule has 0 spiro atoms. The Bertz CT molecular complexity index is 453. The largest absolute Gasteiger partial charge is 0.388 e. The molecule has 1 aromatic heterocycles. The van der Waals surface area contributed by atoms with E-state index in [4.69, 9.17) is 11.6 Å². The molecule has 0 amide bonds. The Labute approximate surface area is 127 Å². The summed E-state index contributed by atoms with van der Waals surface area (Å²) in [7, 11) is 0. The third-order valence-corrected chi connectivity index (χ3v) is 3.06. The van der Waals surface area contributed by atoms with Gasteiger partial charge in [0.05, 0.1) is 5.60 Å². The maximum atomic E-state index is 10.3. The lowest BCUT2D eigenvalue weighted by molar-refractivity contribution is 0.0514. The number of rotatable bonds is 5. The summed E-state index contributed by atoms with van der Waals surface area (Å²) in [6.07, 6.45) is 0.727. The normalized spacial score (nSPS) is 15.2. The van der Waals surface area contributed by atoms with E-state index < -0.39 is 5.60 Å². The molecule has 0 aromatic carbocycles. The lowest BCUT2D eigenvalue weighted by Crippen LogP contribution is -2.35. The lowest BCUT2D eigenvalue weighted by Gasteiger charge is -2.26. The average molecular weight is 300 g/mol. The molecule has 0 aliphatic rings. The zero-order chi connectivity index (χ0) is 15.6. The predicted octanol–water partition coefficient (Wildman–Crippen LogP) is 3.64. The Balaban J connectivity index is 2.81. The Morgan fingerprint density at radius 2 is 1.85 bits per heavy atom. The van der Waals surface area contributed by atoms with Crippen molar-refractivity contribution in [1.29, 1.82) is 0 Å².